The predicted octanol–water partition coefficient (Wildman–Crippen LogP) is 3.34. The molecule has 3 heteroatoms. The normalized spacial score (nSPS) is 40.9. The highest BCUT2D eigenvalue weighted by Crippen LogP contribution is 2.55. The third-order valence-corrected chi connectivity index (χ3v) is 7.36. The van der Waals surface area contributed by atoms with Gasteiger partial charge in [-0.05, 0) is 56.3 Å². The lowest BCUT2D eigenvalue weighted by atomic mass is 9.75. The summed E-state index contributed by atoms with van der Waals surface area (Å²) < 4.78 is 0. The number of hydrogen-bond donors (Lipinski definition) is 1. The Labute approximate surface area is 135 Å². The first-order chi connectivity index (χ1) is 10.7. The second-order valence-corrected chi connectivity index (χ2v) is 8.74. The molecule has 4 aliphatic rings. The van der Waals surface area contributed by atoms with Gasteiger partial charge in [-0.1, -0.05) is 32.1 Å². The summed E-state index contributed by atoms with van der Waals surface area (Å²) in [7, 11) is 2.02. The lowest BCUT2D eigenvalue weighted by Gasteiger charge is -2.39. The third-order valence-electron chi connectivity index (χ3n) is 7.36. The van der Waals surface area contributed by atoms with Crippen LogP contribution >= 0.6 is 0 Å². The van der Waals surface area contributed by atoms with E-state index in [1.807, 2.05) is 11.9 Å². The highest BCUT2D eigenvalue weighted by molar-refractivity contribution is 5.78. The van der Waals surface area contributed by atoms with Crippen LogP contribution in [0.3, 0.4) is 0 Å². The third kappa shape index (κ3) is 2.70. The number of carbonyl (C=O) groups is 1. The monoisotopic (exact) mass is 304 g/mol. The van der Waals surface area contributed by atoms with Crippen molar-refractivity contribution in [3.63, 3.8) is 0 Å². The highest BCUT2D eigenvalue weighted by atomic mass is 16.2. The number of carbonyl (C=O) groups excluding carboxylic acids is 1. The molecule has 0 aliphatic heterocycles. The van der Waals surface area contributed by atoms with Gasteiger partial charge in [0.1, 0.15) is 0 Å². The molecule has 4 aliphatic carbocycles. The Morgan fingerprint density at radius 1 is 1.05 bits per heavy atom. The van der Waals surface area contributed by atoms with Crippen LogP contribution in [0.2, 0.25) is 0 Å². The zero-order valence-electron chi connectivity index (χ0n) is 14.2. The average Bonchev–Trinajstić information content (AvgIpc) is 3.08. The van der Waals surface area contributed by atoms with Gasteiger partial charge in [0.2, 0.25) is 5.91 Å². The first-order valence-corrected chi connectivity index (χ1v) is 9.66. The van der Waals surface area contributed by atoms with Crippen molar-refractivity contribution in [2.75, 3.05) is 13.6 Å². The Kier molecular flexibility index (Phi) is 3.96. The maximum Gasteiger partial charge on any atom is 0.236 e. The summed E-state index contributed by atoms with van der Waals surface area (Å²) in [4.78, 5) is 14.6. The molecule has 4 rings (SSSR count). The van der Waals surface area contributed by atoms with Crippen LogP contribution in [0.15, 0.2) is 0 Å². The molecule has 0 radical (unpaired) electrons. The Bertz CT molecular complexity index is 427. The van der Waals surface area contributed by atoms with Gasteiger partial charge >= 0.3 is 0 Å². The zero-order valence-corrected chi connectivity index (χ0v) is 14.2. The van der Waals surface area contributed by atoms with Gasteiger partial charge in [0.25, 0.3) is 0 Å². The van der Waals surface area contributed by atoms with Crippen LogP contribution in [0.5, 0.6) is 0 Å². The maximum absolute atomic E-state index is 12.6. The molecule has 0 heterocycles. The van der Waals surface area contributed by atoms with E-state index in [4.69, 9.17) is 0 Å². The number of amides is 1. The van der Waals surface area contributed by atoms with Crippen molar-refractivity contribution >= 4 is 5.91 Å². The topological polar surface area (TPSA) is 32.3 Å². The molecule has 0 aromatic heterocycles. The van der Waals surface area contributed by atoms with Crippen LogP contribution in [-0.2, 0) is 4.79 Å². The van der Waals surface area contributed by atoms with Crippen molar-refractivity contribution in [1.82, 2.24) is 10.2 Å². The summed E-state index contributed by atoms with van der Waals surface area (Å²) in [6.45, 7) is 0.569. The molecule has 0 aromatic rings. The fraction of sp³-hybridized carbons (Fsp3) is 0.947. The van der Waals surface area contributed by atoms with Gasteiger partial charge in [-0.3, -0.25) is 4.79 Å². The molecule has 4 unspecified atom stereocenters. The minimum Gasteiger partial charge on any atom is -0.342 e. The van der Waals surface area contributed by atoms with E-state index in [9.17, 15) is 4.79 Å². The van der Waals surface area contributed by atoms with Crippen LogP contribution in [0.1, 0.15) is 70.6 Å². The lowest BCUT2D eigenvalue weighted by Crippen LogP contribution is -2.51. The van der Waals surface area contributed by atoms with Crippen molar-refractivity contribution in [2.24, 2.45) is 17.8 Å². The van der Waals surface area contributed by atoms with Gasteiger partial charge < -0.3 is 10.2 Å². The molecule has 0 aromatic carbocycles. The van der Waals surface area contributed by atoms with E-state index in [1.165, 1.54) is 70.6 Å². The second-order valence-electron chi connectivity index (χ2n) is 8.74. The highest BCUT2D eigenvalue weighted by Gasteiger charge is 2.51. The molecule has 0 saturated heterocycles. The molecule has 4 atom stereocenters. The van der Waals surface area contributed by atoms with E-state index in [1.54, 1.807) is 0 Å². The van der Waals surface area contributed by atoms with E-state index in [2.05, 4.69) is 5.32 Å². The van der Waals surface area contributed by atoms with E-state index < -0.39 is 0 Å². The van der Waals surface area contributed by atoms with Gasteiger partial charge in [0.15, 0.2) is 0 Å². The van der Waals surface area contributed by atoms with Crippen molar-refractivity contribution in [2.45, 2.75) is 82.2 Å². The Hall–Kier alpha value is -0.570. The fourth-order valence-electron chi connectivity index (χ4n) is 6.25. The molecule has 3 bridgehead atoms. The molecule has 1 amide bonds. The van der Waals surface area contributed by atoms with E-state index in [0.29, 0.717) is 24.0 Å². The lowest BCUT2D eigenvalue weighted by molar-refractivity contribution is -0.131. The largest absolute Gasteiger partial charge is 0.342 e. The molecule has 4 saturated carbocycles. The van der Waals surface area contributed by atoms with Crippen LogP contribution < -0.4 is 5.32 Å². The SMILES string of the molecule is CN(C(=O)CNC12CC3CCCC(C1)C(C3)C2)C1CCCC1. The fourth-order valence-corrected chi connectivity index (χ4v) is 6.25. The minimum absolute atomic E-state index is 0.310. The molecule has 22 heavy (non-hydrogen) atoms. The van der Waals surface area contributed by atoms with Gasteiger partial charge in [0.05, 0.1) is 6.54 Å². The van der Waals surface area contributed by atoms with Crippen LogP contribution in [0, 0.1) is 17.8 Å². The summed E-state index contributed by atoms with van der Waals surface area (Å²) in [6, 6.07) is 0.508. The smallest absolute Gasteiger partial charge is 0.236 e. The predicted molar refractivity (Wildman–Crippen MR) is 88.5 cm³/mol. The van der Waals surface area contributed by atoms with Gasteiger partial charge in [-0.25, -0.2) is 0 Å². The molecule has 4 fully saturated rings. The quantitative estimate of drug-likeness (QED) is 0.864. The first kappa shape index (κ1) is 15.0. The molecular formula is C19H32N2O. The molecule has 1 N–H and O–H groups in total. The van der Waals surface area contributed by atoms with Crippen LogP contribution in [0.4, 0.5) is 0 Å². The summed E-state index contributed by atoms with van der Waals surface area (Å²) >= 11 is 0. The van der Waals surface area contributed by atoms with E-state index in [0.717, 1.165) is 17.8 Å². The van der Waals surface area contributed by atoms with Crippen molar-refractivity contribution < 1.29 is 4.79 Å². The maximum atomic E-state index is 12.6. The van der Waals surface area contributed by atoms with E-state index in [-0.39, 0.29) is 0 Å². The summed E-state index contributed by atoms with van der Waals surface area (Å²) in [6.07, 6.45) is 14.8. The van der Waals surface area contributed by atoms with Crippen molar-refractivity contribution in [3.8, 4) is 0 Å². The van der Waals surface area contributed by atoms with E-state index >= 15 is 0 Å². The zero-order chi connectivity index (χ0) is 15.2. The molecule has 3 nitrogen and oxygen atoms in total. The molecule has 0 spiro atoms. The Balaban J connectivity index is 1.36. The average molecular weight is 304 g/mol. The summed E-state index contributed by atoms with van der Waals surface area (Å²) in [5.41, 5.74) is 0.310. The number of rotatable bonds is 4. The number of nitrogens with zero attached hydrogens (tertiary/aromatic N) is 1. The van der Waals surface area contributed by atoms with Crippen LogP contribution in [-0.4, -0.2) is 36.0 Å². The summed E-state index contributed by atoms with van der Waals surface area (Å²) in [5, 5.41) is 3.77. The number of hydrogen-bond acceptors (Lipinski definition) is 2. The van der Waals surface area contributed by atoms with Gasteiger partial charge in [0, 0.05) is 18.6 Å². The standard InChI is InChI=1S/C19H32N2O/c1-21(17-7-2-3-8-17)18(22)13-20-19-10-14-5-4-6-15(11-19)16(9-14)12-19/h14-17,20H,2-13H2,1H3. The second kappa shape index (κ2) is 5.81. The molecule has 124 valence electrons. The number of nitrogens with one attached hydrogen (secondary N) is 1. The number of likely N-dealkylation sites (N-methyl/N-ethyl adjacent to an activating group) is 1. The van der Waals surface area contributed by atoms with Gasteiger partial charge in [-0.15, -0.1) is 0 Å². The Morgan fingerprint density at radius 3 is 2.64 bits per heavy atom. The number of fused-ring (bicyclic) bond motifs is 2. The van der Waals surface area contributed by atoms with Crippen LogP contribution in [0.25, 0.3) is 0 Å². The molecular weight excluding hydrogens is 272 g/mol. The Morgan fingerprint density at radius 2 is 1.82 bits per heavy atom. The van der Waals surface area contributed by atoms with Gasteiger partial charge in [-0.2, -0.15) is 0 Å². The van der Waals surface area contributed by atoms with Crippen molar-refractivity contribution in [1.29, 1.82) is 0 Å². The first-order valence-electron chi connectivity index (χ1n) is 9.66. The van der Waals surface area contributed by atoms with Crippen molar-refractivity contribution in [3.05, 3.63) is 0 Å². The minimum atomic E-state index is 0.310. The summed E-state index contributed by atoms with van der Waals surface area (Å²) in [5.74, 6) is 3.15.